The van der Waals surface area contributed by atoms with Crippen LogP contribution in [0.25, 0.3) is 10.6 Å². The molecule has 0 aliphatic carbocycles. The van der Waals surface area contributed by atoms with Gasteiger partial charge in [-0.15, -0.1) is 11.3 Å². The van der Waals surface area contributed by atoms with Crippen molar-refractivity contribution in [1.82, 2.24) is 19.3 Å². The van der Waals surface area contributed by atoms with E-state index >= 15 is 0 Å². The zero-order valence-electron chi connectivity index (χ0n) is 18.4. The van der Waals surface area contributed by atoms with Gasteiger partial charge in [0, 0.05) is 29.4 Å². The second-order valence-corrected chi connectivity index (χ2v) is 11.1. The molecular formula is C22H21ClFN5O4S2. The molecule has 0 bridgehead atoms. The summed E-state index contributed by atoms with van der Waals surface area (Å²) in [6.45, 7) is 0.155. The zero-order chi connectivity index (χ0) is 25.2. The number of likely N-dealkylation sites (N-methyl/N-ethyl adjacent to an activating group) is 1. The highest BCUT2D eigenvalue weighted by Crippen LogP contribution is 2.25. The van der Waals surface area contributed by atoms with Crippen LogP contribution in [0.1, 0.15) is 11.3 Å². The molecule has 0 radical (unpaired) electrons. The van der Waals surface area contributed by atoms with Gasteiger partial charge in [-0.2, -0.15) is 17.4 Å². The summed E-state index contributed by atoms with van der Waals surface area (Å²) in [5, 5.41) is 5.83. The number of nitrogens with one attached hydrogen (secondary N) is 3. The van der Waals surface area contributed by atoms with Crippen LogP contribution >= 0.6 is 22.9 Å². The van der Waals surface area contributed by atoms with Crippen molar-refractivity contribution < 1.29 is 22.4 Å². The van der Waals surface area contributed by atoms with Gasteiger partial charge in [0.2, 0.25) is 11.8 Å². The average molecular weight is 538 g/mol. The molecule has 2 heterocycles. The second kappa shape index (κ2) is 10.4. The molecule has 13 heteroatoms. The molecule has 184 valence electrons. The summed E-state index contributed by atoms with van der Waals surface area (Å²) in [5.74, 6) is -1.90. The molecular weight excluding hydrogens is 517 g/mol. The fraction of sp³-hybridized carbons (Fsp3) is 0.227. The molecule has 2 amide bonds. The van der Waals surface area contributed by atoms with Crippen molar-refractivity contribution in [2.45, 2.75) is 25.0 Å². The van der Waals surface area contributed by atoms with Crippen LogP contribution in [0, 0.1) is 5.82 Å². The van der Waals surface area contributed by atoms with Crippen LogP contribution < -0.4 is 15.4 Å². The number of amides is 2. The number of carbonyl (C=O) groups excluding carboxylic acids is 2. The van der Waals surface area contributed by atoms with Crippen molar-refractivity contribution in [3.05, 3.63) is 70.4 Å². The molecule has 4 rings (SSSR count). The minimum atomic E-state index is -4.11. The summed E-state index contributed by atoms with van der Waals surface area (Å²) in [6, 6.07) is 10.8. The van der Waals surface area contributed by atoms with Crippen molar-refractivity contribution >= 4 is 50.6 Å². The van der Waals surface area contributed by atoms with Crippen LogP contribution in [0.2, 0.25) is 5.02 Å². The zero-order valence-corrected chi connectivity index (χ0v) is 20.8. The van der Waals surface area contributed by atoms with Crippen LogP contribution in [-0.2, 0) is 26.3 Å². The van der Waals surface area contributed by atoms with Gasteiger partial charge in [-0.05, 0) is 24.6 Å². The number of thiazole rings is 1. The van der Waals surface area contributed by atoms with Crippen LogP contribution in [0.4, 0.5) is 10.1 Å². The maximum Gasteiger partial charge on any atom is 0.280 e. The highest BCUT2D eigenvalue weighted by atomic mass is 35.5. The second-order valence-electron chi connectivity index (χ2n) is 7.78. The molecule has 1 aromatic heterocycles. The summed E-state index contributed by atoms with van der Waals surface area (Å²) < 4.78 is 41.7. The monoisotopic (exact) mass is 537 g/mol. The lowest BCUT2D eigenvalue weighted by molar-refractivity contribution is -0.124. The van der Waals surface area contributed by atoms with E-state index in [4.69, 9.17) is 11.6 Å². The molecule has 9 nitrogen and oxygen atoms in total. The quantitative estimate of drug-likeness (QED) is 0.446. The number of halogens is 2. The first kappa shape index (κ1) is 25.2. The Labute approximate surface area is 210 Å². The smallest absolute Gasteiger partial charge is 0.280 e. The molecule has 3 aromatic rings. The number of hydrogen-bond acceptors (Lipinski definition) is 6. The van der Waals surface area contributed by atoms with Gasteiger partial charge in [0.1, 0.15) is 22.9 Å². The molecule has 2 unspecified atom stereocenters. The van der Waals surface area contributed by atoms with E-state index in [0.29, 0.717) is 0 Å². The average Bonchev–Trinajstić information content (AvgIpc) is 3.31. The van der Waals surface area contributed by atoms with Gasteiger partial charge >= 0.3 is 0 Å². The van der Waals surface area contributed by atoms with E-state index in [1.54, 1.807) is 6.20 Å². The predicted octanol–water partition coefficient (Wildman–Crippen LogP) is 2.76. The minimum Gasteiger partial charge on any atom is -0.350 e. The highest BCUT2D eigenvalue weighted by molar-refractivity contribution is 7.87. The number of aromatic nitrogens is 1. The van der Waals surface area contributed by atoms with E-state index in [2.05, 4.69) is 20.3 Å². The van der Waals surface area contributed by atoms with E-state index in [1.165, 1.54) is 30.5 Å². The standard InChI is InChI=1S/C22H21ClFN5O4S2/c1-29-19(21(31)27-14-7-8-17(24)16(23)9-14)10-18(28-35(29,32)33)20(30)25-11-15-12-26-22(34-15)13-5-3-2-4-6-13/h2-9,12,18-19,28H,10-11H2,1H3,(H,25,30)(H,27,31). The SMILES string of the molecule is CN1C(C(=O)Nc2ccc(F)c(Cl)c2)CC(C(=O)NCc2cnc(-c3ccccc3)s2)NS1(=O)=O. The third-order valence-electron chi connectivity index (χ3n) is 5.39. The van der Waals surface area contributed by atoms with E-state index < -0.39 is 39.9 Å². The molecule has 35 heavy (non-hydrogen) atoms. The Bertz CT molecular complexity index is 1350. The first-order chi connectivity index (χ1) is 16.6. The maximum atomic E-state index is 13.4. The fourth-order valence-corrected chi connectivity index (χ4v) is 5.77. The summed E-state index contributed by atoms with van der Waals surface area (Å²) >= 11 is 7.15. The molecule has 2 atom stereocenters. The topological polar surface area (TPSA) is 120 Å². The Balaban J connectivity index is 1.41. The van der Waals surface area contributed by atoms with Crippen LogP contribution in [0.15, 0.2) is 54.7 Å². The van der Waals surface area contributed by atoms with E-state index in [9.17, 15) is 22.4 Å². The molecule has 0 spiro atoms. The van der Waals surface area contributed by atoms with E-state index in [1.807, 2.05) is 30.3 Å². The summed E-state index contributed by atoms with van der Waals surface area (Å²) in [5.41, 5.74) is 1.15. The lowest BCUT2D eigenvalue weighted by Crippen LogP contribution is -2.62. The Hall–Kier alpha value is -2.90. The summed E-state index contributed by atoms with van der Waals surface area (Å²) in [6.07, 6.45) is 1.54. The van der Waals surface area contributed by atoms with Crippen LogP contribution in [-0.4, -0.2) is 48.7 Å². The Kier molecular flexibility index (Phi) is 7.47. The molecule has 1 aliphatic rings. The number of benzene rings is 2. The number of hydrogen-bond donors (Lipinski definition) is 3. The van der Waals surface area contributed by atoms with Gasteiger partial charge in [0.15, 0.2) is 0 Å². The summed E-state index contributed by atoms with van der Waals surface area (Å²) in [4.78, 5) is 30.8. The predicted molar refractivity (Wildman–Crippen MR) is 131 cm³/mol. The number of nitrogens with zero attached hydrogens (tertiary/aromatic N) is 2. The minimum absolute atomic E-state index is 0.111. The largest absolute Gasteiger partial charge is 0.350 e. The first-order valence-electron chi connectivity index (χ1n) is 10.4. The lowest BCUT2D eigenvalue weighted by Gasteiger charge is -2.35. The van der Waals surface area contributed by atoms with Gasteiger partial charge < -0.3 is 10.6 Å². The Morgan fingerprint density at radius 1 is 1.23 bits per heavy atom. The van der Waals surface area contributed by atoms with Crippen molar-refractivity contribution in [3.63, 3.8) is 0 Å². The molecule has 1 aliphatic heterocycles. The van der Waals surface area contributed by atoms with Gasteiger partial charge in [0.25, 0.3) is 10.2 Å². The molecule has 2 aromatic carbocycles. The van der Waals surface area contributed by atoms with Gasteiger partial charge in [-0.1, -0.05) is 41.9 Å². The van der Waals surface area contributed by atoms with Crippen molar-refractivity contribution in [2.24, 2.45) is 0 Å². The third kappa shape index (κ3) is 5.85. The number of rotatable bonds is 6. The van der Waals surface area contributed by atoms with E-state index in [0.717, 1.165) is 25.8 Å². The lowest BCUT2D eigenvalue weighted by atomic mass is 10.1. The number of anilines is 1. The normalized spacial score (nSPS) is 19.7. The van der Waals surface area contributed by atoms with E-state index in [-0.39, 0.29) is 23.7 Å². The first-order valence-corrected chi connectivity index (χ1v) is 13.1. The maximum absolute atomic E-state index is 13.4. The van der Waals surface area contributed by atoms with Crippen molar-refractivity contribution in [2.75, 3.05) is 12.4 Å². The summed E-state index contributed by atoms with van der Waals surface area (Å²) in [7, 11) is -2.87. The Morgan fingerprint density at radius 2 is 1.97 bits per heavy atom. The molecule has 1 saturated heterocycles. The molecule has 0 saturated carbocycles. The van der Waals surface area contributed by atoms with Crippen molar-refractivity contribution in [3.8, 4) is 10.6 Å². The van der Waals surface area contributed by atoms with Crippen LogP contribution in [0.3, 0.4) is 0 Å². The molecule has 3 N–H and O–H groups in total. The van der Waals surface area contributed by atoms with Gasteiger partial charge in [-0.3, -0.25) is 9.59 Å². The highest BCUT2D eigenvalue weighted by Gasteiger charge is 2.42. The number of carbonyl (C=O) groups is 2. The third-order valence-corrected chi connectivity index (χ3v) is 8.32. The van der Waals surface area contributed by atoms with Gasteiger partial charge in [0.05, 0.1) is 11.6 Å². The Morgan fingerprint density at radius 3 is 2.69 bits per heavy atom. The van der Waals surface area contributed by atoms with Gasteiger partial charge in [-0.25, -0.2) is 9.37 Å². The molecule has 1 fully saturated rings. The van der Waals surface area contributed by atoms with Crippen molar-refractivity contribution in [1.29, 1.82) is 0 Å². The fourth-order valence-electron chi connectivity index (χ4n) is 3.48. The van der Waals surface area contributed by atoms with Crippen LogP contribution in [0.5, 0.6) is 0 Å².